The van der Waals surface area contributed by atoms with E-state index in [2.05, 4.69) is 10.6 Å². The lowest BCUT2D eigenvalue weighted by Crippen LogP contribution is -2.33. The van der Waals surface area contributed by atoms with E-state index >= 15 is 0 Å². The predicted molar refractivity (Wildman–Crippen MR) is 256 cm³/mol. The molecule has 0 aromatic heterocycles. The van der Waals surface area contributed by atoms with Gasteiger partial charge in [0.15, 0.2) is 47.7 Å². The van der Waals surface area contributed by atoms with Crippen molar-refractivity contribution in [2.24, 2.45) is 9.98 Å². The maximum absolute atomic E-state index is 12.6. The highest BCUT2D eigenvalue weighted by atomic mass is 35.5. The van der Waals surface area contributed by atoms with E-state index in [1.54, 1.807) is 61.0 Å². The van der Waals surface area contributed by atoms with Crippen LogP contribution in [0.1, 0.15) is 47.9 Å². The van der Waals surface area contributed by atoms with E-state index in [1.165, 1.54) is 0 Å². The number of fused-ring (bicyclic) bond motifs is 6. The second kappa shape index (κ2) is 32.0. The van der Waals surface area contributed by atoms with Crippen molar-refractivity contribution < 1.29 is 67.2 Å². The molecule has 3 aromatic carbocycles. The van der Waals surface area contributed by atoms with Gasteiger partial charge in [0.25, 0.3) is 11.8 Å². The number of para-hydroxylation sites is 2. The fourth-order valence-electron chi connectivity index (χ4n) is 6.89. The summed E-state index contributed by atoms with van der Waals surface area (Å²) >= 11 is 12.4. The third-order valence-electron chi connectivity index (χ3n) is 10.4. The van der Waals surface area contributed by atoms with E-state index in [0.29, 0.717) is 86.6 Å². The number of carbonyl (C=O) groups is 2. The van der Waals surface area contributed by atoms with E-state index in [9.17, 15) is 19.8 Å². The molecule has 68 heavy (non-hydrogen) atoms. The summed E-state index contributed by atoms with van der Waals surface area (Å²) in [6, 6.07) is 13.8. The monoisotopic (exact) mass is 990 g/mol. The maximum atomic E-state index is 12.6. The molecule has 18 nitrogen and oxygen atoms in total. The molecule has 1 saturated carbocycles. The van der Waals surface area contributed by atoms with Crippen LogP contribution < -0.4 is 29.6 Å². The molecule has 374 valence electrons. The van der Waals surface area contributed by atoms with Gasteiger partial charge in [0.05, 0.1) is 103 Å². The zero-order valence-corrected chi connectivity index (χ0v) is 39.9. The minimum atomic E-state index is -0.397. The minimum absolute atomic E-state index is 0.0122. The Hall–Kier alpha value is -4.92. The molecule has 3 aromatic rings. The zero-order chi connectivity index (χ0) is 48.0. The summed E-state index contributed by atoms with van der Waals surface area (Å²) < 4.78 is 56.8. The van der Waals surface area contributed by atoms with Gasteiger partial charge in [-0.25, -0.2) is 0 Å². The van der Waals surface area contributed by atoms with Crippen molar-refractivity contribution in [2.45, 2.75) is 49.5 Å². The zero-order valence-electron chi connectivity index (χ0n) is 38.3. The van der Waals surface area contributed by atoms with Gasteiger partial charge in [-0.1, -0.05) is 37.1 Å². The molecule has 1 fully saturated rings. The Kier molecular flexibility index (Phi) is 25.4. The molecule has 0 radical (unpaired) electrons. The molecule has 4 bridgehead atoms. The van der Waals surface area contributed by atoms with Crippen molar-refractivity contribution >= 4 is 47.4 Å². The number of amides is 2. The van der Waals surface area contributed by atoms with Gasteiger partial charge in [0.2, 0.25) is 0 Å². The summed E-state index contributed by atoms with van der Waals surface area (Å²) in [5.41, 5.74) is 2.18. The van der Waals surface area contributed by atoms with Gasteiger partial charge in [-0.3, -0.25) is 19.6 Å². The average molecular weight is 992 g/mol. The van der Waals surface area contributed by atoms with Crippen molar-refractivity contribution in [2.75, 3.05) is 119 Å². The van der Waals surface area contributed by atoms with Gasteiger partial charge in [-0.05, 0) is 37.1 Å². The van der Waals surface area contributed by atoms with Crippen LogP contribution in [0.15, 0.2) is 58.5 Å². The average Bonchev–Trinajstić information content (AvgIpc) is 3.35. The second-order valence-corrected chi connectivity index (χ2v) is 15.9. The summed E-state index contributed by atoms with van der Waals surface area (Å²) in [5, 5.41) is 27.4. The molecule has 1 aliphatic carbocycles. The molecule has 0 unspecified atom stereocenters. The number of hydrogen-bond donors (Lipinski definition) is 4. The molecule has 2 atom stereocenters. The number of aromatic hydroxyl groups is 2. The van der Waals surface area contributed by atoms with Crippen LogP contribution in [0.4, 0.5) is 0 Å². The number of alkyl halides is 2. The van der Waals surface area contributed by atoms with Crippen LogP contribution in [-0.2, 0) is 49.8 Å². The Morgan fingerprint density at radius 1 is 0.500 bits per heavy atom. The van der Waals surface area contributed by atoms with E-state index in [1.807, 2.05) is 0 Å². The molecule has 5 rings (SSSR count). The van der Waals surface area contributed by atoms with Crippen LogP contribution in [-0.4, -0.2) is 165 Å². The molecule has 0 spiro atoms. The lowest BCUT2D eigenvalue weighted by molar-refractivity contribution is -0.124. The lowest BCUT2D eigenvalue weighted by atomic mass is 9.91. The van der Waals surface area contributed by atoms with Crippen LogP contribution in [0.5, 0.6) is 34.5 Å². The fourth-order valence-corrected chi connectivity index (χ4v) is 7.31. The molecule has 2 aliphatic rings. The number of benzene rings is 3. The van der Waals surface area contributed by atoms with E-state index in [4.69, 9.17) is 80.6 Å². The number of phenols is 2. The molecule has 2 amide bonds. The van der Waals surface area contributed by atoms with Crippen LogP contribution in [0.25, 0.3) is 0 Å². The van der Waals surface area contributed by atoms with Crippen molar-refractivity contribution in [1.82, 2.24) is 10.6 Å². The molecule has 0 saturated heterocycles. The maximum Gasteiger partial charge on any atom is 0.258 e. The highest BCUT2D eigenvalue weighted by Crippen LogP contribution is 2.37. The van der Waals surface area contributed by atoms with E-state index in [0.717, 1.165) is 25.7 Å². The Morgan fingerprint density at radius 2 is 0.868 bits per heavy atom. The fraction of sp³-hybridized carbons (Fsp3) is 0.542. The first-order valence-corrected chi connectivity index (χ1v) is 23.9. The smallest absolute Gasteiger partial charge is 0.258 e. The minimum Gasteiger partial charge on any atom is -0.504 e. The molecule has 1 aliphatic heterocycles. The Labute approximate surface area is 407 Å². The number of phenolic OH excluding ortho intramolecular Hbond substituents is 2. The van der Waals surface area contributed by atoms with Crippen LogP contribution in [0.2, 0.25) is 0 Å². The predicted octanol–water partition coefficient (Wildman–Crippen LogP) is 4.99. The van der Waals surface area contributed by atoms with Gasteiger partial charge < -0.3 is 68.2 Å². The quantitative estimate of drug-likeness (QED) is 0.249. The number of nitrogens with one attached hydrogen (secondary N) is 2. The second-order valence-electron chi connectivity index (χ2n) is 15.3. The largest absolute Gasteiger partial charge is 0.504 e. The summed E-state index contributed by atoms with van der Waals surface area (Å²) in [6.45, 7) is 3.96. The normalized spacial score (nSPS) is 20.6. The Morgan fingerprint density at radius 3 is 1.25 bits per heavy atom. The van der Waals surface area contributed by atoms with E-state index < -0.39 is 11.8 Å². The Bertz CT molecular complexity index is 1890. The first kappa shape index (κ1) is 54.0. The number of ether oxygens (including phenoxy) is 10. The first-order chi connectivity index (χ1) is 33.4. The summed E-state index contributed by atoms with van der Waals surface area (Å²) in [4.78, 5) is 34.9. The van der Waals surface area contributed by atoms with Crippen molar-refractivity contribution in [1.29, 1.82) is 0 Å². The van der Waals surface area contributed by atoms with Gasteiger partial charge in [0.1, 0.15) is 13.2 Å². The van der Waals surface area contributed by atoms with Crippen LogP contribution in [0, 0.1) is 0 Å². The molecular weight excluding hydrogens is 927 g/mol. The number of nitrogens with zero attached hydrogens (tertiary/aromatic N) is 2. The lowest BCUT2D eigenvalue weighted by Gasteiger charge is -2.25. The number of aliphatic imine (C=N–C) groups is 2. The van der Waals surface area contributed by atoms with E-state index in [-0.39, 0.29) is 113 Å². The van der Waals surface area contributed by atoms with Gasteiger partial charge in [-0.15, -0.1) is 23.2 Å². The van der Waals surface area contributed by atoms with Gasteiger partial charge in [-0.2, -0.15) is 0 Å². The van der Waals surface area contributed by atoms with Crippen molar-refractivity contribution in [3.63, 3.8) is 0 Å². The topological polar surface area (TPSA) is 216 Å². The third kappa shape index (κ3) is 19.2. The number of halogens is 2. The third-order valence-corrected chi connectivity index (χ3v) is 11.0. The standard InChI is InChI=1S/C48H64Cl2N4O14/c49-29-35-11-12-36(30-50)48-47(35)67-33-43(55)51-13-15-59-17-19-61-21-23-63-25-27-65-41-9-3-5-37(45(41)57)31-53-39-7-1-2-8-40(39)54-32-38-6-4-10-42(46(38)58)66-28-26-64-24-22-62-20-18-60-16-14-52-44(56)34-68-48/h3-6,9-12,31-32,39-40,57-58H,1-2,7-8,13-30,33-34H2,(H,51,55)(H,52,56)/t39-,40-/m0/s1. The SMILES string of the molecule is O=C1COc2c(CCl)ccc(CCl)c2OCC(=O)NCCOCCOCCOCCOc2cccc(c2O)C=N[C@H]2CCCC[C@@H]2N=Cc2cccc(c2O)OCCOCCOCCOCCN1. The number of rotatable bonds is 2. The van der Waals surface area contributed by atoms with Gasteiger partial charge in [0, 0.05) is 47.8 Å². The van der Waals surface area contributed by atoms with Crippen molar-refractivity contribution in [3.8, 4) is 34.5 Å². The molecular formula is C48H64Cl2N4O14. The number of hydrogen-bond acceptors (Lipinski definition) is 16. The van der Waals surface area contributed by atoms with Gasteiger partial charge >= 0.3 is 0 Å². The highest BCUT2D eigenvalue weighted by Gasteiger charge is 2.24. The van der Waals surface area contributed by atoms with Crippen LogP contribution in [0.3, 0.4) is 0 Å². The van der Waals surface area contributed by atoms with Crippen LogP contribution >= 0.6 is 23.2 Å². The summed E-state index contributed by atoms with van der Waals surface area (Å²) in [5.74, 6) is 0.406. The molecule has 4 N–H and O–H groups in total. The summed E-state index contributed by atoms with van der Waals surface area (Å²) in [6.07, 6.45) is 7.04. The first-order valence-electron chi connectivity index (χ1n) is 22.9. The Balaban J connectivity index is 1.11. The van der Waals surface area contributed by atoms with Crippen molar-refractivity contribution in [3.05, 3.63) is 70.8 Å². The highest BCUT2D eigenvalue weighted by molar-refractivity contribution is 6.18. The number of carbonyl (C=O) groups excluding carboxylic acids is 2. The molecule has 1 heterocycles. The molecule has 20 heteroatoms. The summed E-state index contributed by atoms with van der Waals surface area (Å²) in [7, 11) is 0.